The summed E-state index contributed by atoms with van der Waals surface area (Å²) < 4.78 is 45.0. The van der Waals surface area contributed by atoms with Crippen molar-refractivity contribution in [1.29, 1.82) is 0 Å². The largest absolute Gasteiger partial charge is 0.457 e. The molecule has 3 rings (SSSR count). The fraction of sp³-hybridized carbons (Fsp3) is 0.174. The second-order valence-electron chi connectivity index (χ2n) is 6.84. The Bertz CT molecular complexity index is 1020. The van der Waals surface area contributed by atoms with Gasteiger partial charge in [-0.25, -0.2) is 0 Å². The third kappa shape index (κ3) is 5.16. The molecular weight excluding hydrogens is 379 g/mol. The smallest absolute Gasteiger partial charge is 0.417 e. The number of rotatable bonds is 5. The Morgan fingerprint density at radius 3 is 2.34 bits per heavy atom. The summed E-state index contributed by atoms with van der Waals surface area (Å²) in [5.41, 5.74) is 1.01. The van der Waals surface area contributed by atoms with E-state index in [2.05, 4.69) is 19.2 Å². The SMILES string of the molecule is CC(C)c1ccc(NC(=O)/C=C/c2ccc(-c3ccccc3C(F)(F)F)o2)cc1. The lowest BCUT2D eigenvalue weighted by atomic mass is 10.0. The van der Waals surface area contributed by atoms with E-state index in [0.717, 1.165) is 6.07 Å². The number of alkyl halides is 3. The summed E-state index contributed by atoms with van der Waals surface area (Å²) in [6, 6.07) is 15.7. The first-order valence-electron chi connectivity index (χ1n) is 9.09. The van der Waals surface area contributed by atoms with Gasteiger partial charge in [0, 0.05) is 17.3 Å². The van der Waals surface area contributed by atoms with Crippen LogP contribution in [0, 0.1) is 0 Å². The van der Waals surface area contributed by atoms with Gasteiger partial charge in [-0.2, -0.15) is 13.2 Å². The van der Waals surface area contributed by atoms with Crippen molar-refractivity contribution in [3.05, 3.63) is 83.6 Å². The standard InChI is InChI=1S/C23H20F3NO2/c1-15(2)16-7-9-17(10-8-16)27-22(28)14-12-18-11-13-21(29-18)19-5-3-4-6-20(19)23(24,25)26/h3-15H,1-2H3,(H,27,28)/b14-12+. The Labute approximate surface area is 166 Å². The van der Waals surface area contributed by atoms with Crippen molar-refractivity contribution < 1.29 is 22.4 Å². The maximum absolute atomic E-state index is 13.2. The number of benzene rings is 2. The summed E-state index contributed by atoms with van der Waals surface area (Å²) in [5, 5.41) is 2.73. The van der Waals surface area contributed by atoms with Gasteiger partial charge in [0.25, 0.3) is 0 Å². The van der Waals surface area contributed by atoms with Crippen LogP contribution in [0.4, 0.5) is 18.9 Å². The van der Waals surface area contributed by atoms with Crippen LogP contribution in [0.15, 0.2) is 71.2 Å². The molecule has 0 radical (unpaired) electrons. The van der Waals surface area contributed by atoms with Gasteiger partial charge in [0.2, 0.25) is 5.91 Å². The Balaban J connectivity index is 1.70. The molecule has 3 nitrogen and oxygen atoms in total. The lowest BCUT2D eigenvalue weighted by molar-refractivity contribution is -0.137. The van der Waals surface area contributed by atoms with E-state index in [-0.39, 0.29) is 23.0 Å². The van der Waals surface area contributed by atoms with Gasteiger partial charge in [-0.05, 0) is 47.9 Å². The predicted molar refractivity (Wildman–Crippen MR) is 107 cm³/mol. The third-order valence-corrected chi connectivity index (χ3v) is 4.37. The average molecular weight is 399 g/mol. The number of anilines is 1. The fourth-order valence-corrected chi connectivity index (χ4v) is 2.83. The summed E-state index contributed by atoms with van der Waals surface area (Å²) in [6.07, 6.45) is -1.80. The molecule has 0 aliphatic carbocycles. The number of carbonyl (C=O) groups is 1. The molecule has 0 aliphatic rings. The Hall–Kier alpha value is -3.28. The topological polar surface area (TPSA) is 42.2 Å². The quantitative estimate of drug-likeness (QED) is 0.483. The highest BCUT2D eigenvalue weighted by atomic mass is 19.4. The van der Waals surface area contributed by atoms with Crippen LogP contribution in [-0.4, -0.2) is 5.91 Å². The van der Waals surface area contributed by atoms with E-state index in [0.29, 0.717) is 11.6 Å². The molecule has 0 bridgehead atoms. The van der Waals surface area contributed by atoms with Crippen LogP contribution in [0.2, 0.25) is 0 Å². The highest BCUT2D eigenvalue weighted by molar-refractivity contribution is 6.01. The summed E-state index contributed by atoms with van der Waals surface area (Å²) >= 11 is 0. The lowest BCUT2D eigenvalue weighted by Gasteiger charge is -2.10. The Kier molecular flexibility index (Phi) is 5.92. The van der Waals surface area contributed by atoms with Gasteiger partial charge in [-0.15, -0.1) is 0 Å². The maximum atomic E-state index is 13.2. The average Bonchev–Trinajstić information content (AvgIpc) is 3.15. The molecule has 150 valence electrons. The van der Waals surface area contributed by atoms with E-state index in [1.807, 2.05) is 24.3 Å². The molecule has 0 aliphatic heterocycles. The van der Waals surface area contributed by atoms with Crippen LogP contribution >= 0.6 is 0 Å². The van der Waals surface area contributed by atoms with Crippen LogP contribution in [0.5, 0.6) is 0 Å². The summed E-state index contributed by atoms with van der Waals surface area (Å²) in [6.45, 7) is 4.17. The van der Waals surface area contributed by atoms with Gasteiger partial charge < -0.3 is 9.73 Å². The molecule has 0 saturated carbocycles. The molecule has 0 atom stereocenters. The summed E-state index contributed by atoms with van der Waals surface area (Å²) in [4.78, 5) is 12.1. The van der Waals surface area contributed by atoms with E-state index in [4.69, 9.17) is 4.42 Å². The zero-order valence-electron chi connectivity index (χ0n) is 16.0. The van der Waals surface area contributed by atoms with Gasteiger partial charge in [-0.1, -0.05) is 44.2 Å². The van der Waals surface area contributed by atoms with Crippen molar-refractivity contribution in [2.24, 2.45) is 0 Å². The fourth-order valence-electron chi connectivity index (χ4n) is 2.83. The zero-order valence-corrected chi connectivity index (χ0v) is 16.0. The zero-order chi connectivity index (χ0) is 21.0. The van der Waals surface area contributed by atoms with E-state index in [1.54, 1.807) is 0 Å². The molecule has 1 amide bonds. The minimum atomic E-state index is -4.48. The molecule has 0 spiro atoms. The summed E-state index contributed by atoms with van der Waals surface area (Å²) in [5.74, 6) is 0.399. The Morgan fingerprint density at radius 1 is 1.00 bits per heavy atom. The second kappa shape index (κ2) is 8.39. The lowest BCUT2D eigenvalue weighted by Crippen LogP contribution is -2.07. The number of nitrogens with one attached hydrogen (secondary N) is 1. The van der Waals surface area contributed by atoms with E-state index >= 15 is 0 Å². The monoisotopic (exact) mass is 399 g/mol. The van der Waals surface area contributed by atoms with Crippen molar-refractivity contribution in [1.82, 2.24) is 0 Å². The van der Waals surface area contributed by atoms with Crippen LogP contribution in [-0.2, 0) is 11.0 Å². The molecule has 2 aromatic carbocycles. The van der Waals surface area contributed by atoms with Crippen molar-refractivity contribution in [3.8, 4) is 11.3 Å². The van der Waals surface area contributed by atoms with E-state index in [1.165, 1.54) is 48.0 Å². The highest BCUT2D eigenvalue weighted by Crippen LogP contribution is 2.37. The number of hydrogen-bond acceptors (Lipinski definition) is 2. The number of furan rings is 1. The second-order valence-corrected chi connectivity index (χ2v) is 6.84. The van der Waals surface area contributed by atoms with Gasteiger partial charge in [0.05, 0.1) is 5.56 Å². The van der Waals surface area contributed by atoms with Crippen LogP contribution in [0.3, 0.4) is 0 Å². The van der Waals surface area contributed by atoms with Crippen molar-refractivity contribution >= 4 is 17.7 Å². The first-order chi connectivity index (χ1) is 13.7. The molecule has 0 saturated heterocycles. The molecule has 1 heterocycles. The molecular formula is C23H20F3NO2. The number of hydrogen-bond donors (Lipinski definition) is 1. The van der Waals surface area contributed by atoms with Crippen LogP contribution in [0.1, 0.15) is 36.7 Å². The predicted octanol–water partition coefficient (Wildman–Crippen LogP) is 6.74. The highest BCUT2D eigenvalue weighted by Gasteiger charge is 2.34. The van der Waals surface area contributed by atoms with Crippen molar-refractivity contribution in [2.75, 3.05) is 5.32 Å². The maximum Gasteiger partial charge on any atom is 0.417 e. The number of carbonyl (C=O) groups excluding carboxylic acids is 1. The first-order valence-corrected chi connectivity index (χ1v) is 9.09. The Morgan fingerprint density at radius 2 is 1.69 bits per heavy atom. The normalized spacial score (nSPS) is 11.9. The van der Waals surface area contributed by atoms with Crippen LogP contribution < -0.4 is 5.32 Å². The van der Waals surface area contributed by atoms with E-state index in [9.17, 15) is 18.0 Å². The minimum absolute atomic E-state index is 0.0469. The van der Waals surface area contributed by atoms with Crippen molar-refractivity contribution in [3.63, 3.8) is 0 Å². The van der Waals surface area contributed by atoms with Gasteiger partial charge in [0.1, 0.15) is 11.5 Å². The number of halogens is 3. The van der Waals surface area contributed by atoms with Crippen LogP contribution in [0.25, 0.3) is 17.4 Å². The summed E-state index contributed by atoms with van der Waals surface area (Å²) in [7, 11) is 0. The molecule has 29 heavy (non-hydrogen) atoms. The van der Waals surface area contributed by atoms with E-state index < -0.39 is 11.7 Å². The molecule has 0 fully saturated rings. The number of amides is 1. The molecule has 6 heteroatoms. The van der Waals surface area contributed by atoms with Gasteiger partial charge in [-0.3, -0.25) is 4.79 Å². The van der Waals surface area contributed by atoms with Gasteiger partial charge in [0.15, 0.2) is 0 Å². The third-order valence-electron chi connectivity index (χ3n) is 4.37. The van der Waals surface area contributed by atoms with Crippen molar-refractivity contribution in [2.45, 2.75) is 25.9 Å². The molecule has 1 N–H and O–H groups in total. The minimum Gasteiger partial charge on any atom is -0.457 e. The first kappa shape index (κ1) is 20.5. The van der Waals surface area contributed by atoms with Gasteiger partial charge >= 0.3 is 6.18 Å². The molecule has 1 aromatic heterocycles. The molecule has 3 aromatic rings. The molecule has 0 unspecified atom stereocenters.